The molecule has 0 aliphatic heterocycles. The normalized spacial score (nSPS) is 11.3. The average molecular weight is 373 g/mol. The molecule has 0 aliphatic carbocycles. The number of rotatable bonds is 4. The van der Waals surface area contributed by atoms with Gasteiger partial charge in [-0.05, 0) is 40.8 Å². The predicted molar refractivity (Wildman–Crippen MR) is 71.4 cm³/mol. The van der Waals surface area contributed by atoms with Crippen LogP contribution in [0.3, 0.4) is 0 Å². The van der Waals surface area contributed by atoms with Crippen molar-refractivity contribution in [1.82, 2.24) is 0 Å². The van der Waals surface area contributed by atoms with E-state index in [4.69, 9.17) is 33.0 Å². The molecule has 1 N–H and O–H groups in total. The first-order valence-corrected chi connectivity index (χ1v) is 6.04. The third kappa shape index (κ3) is 3.84. The number of carboxylic acid groups (broad SMARTS) is 1. The molecule has 1 rings (SSSR count). The van der Waals surface area contributed by atoms with Crippen molar-refractivity contribution in [2.45, 2.75) is 0 Å². The van der Waals surface area contributed by atoms with Gasteiger partial charge < -0.3 is 9.84 Å². The molecule has 3 nitrogen and oxygen atoms in total. The van der Waals surface area contributed by atoms with Gasteiger partial charge in [-0.2, -0.15) is 0 Å². The second-order valence-electron chi connectivity index (χ2n) is 2.79. The predicted octanol–water partition coefficient (Wildman–Crippen LogP) is 3.69. The number of aromatic carboxylic acids is 1. The largest absolute Gasteiger partial charge is 0.487 e. The molecular formula is C10H7Cl2IO3. The minimum atomic E-state index is -1.04. The molecule has 0 unspecified atom stereocenters. The van der Waals surface area contributed by atoms with Crippen LogP contribution in [0.5, 0.6) is 5.75 Å². The molecule has 0 saturated carbocycles. The van der Waals surface area contributed by atoms with Gasteiger partial charge in [0.2, 0.25) is 0 Å². The Morgan fingerprint density at radius 1 is 1.56 bits per heavy atom. The molecule has 0 radical (unpaired) electrons. The summed E-state index contributed by atoms with van der Waals surface area (Å²) in [6.45, 7) is 0.0475. The van der Waals surface area contributed by atoms with Gasteiger partial charge in [0, 0.05) is 9.11 Å². The van der Waals surface area contributed by atoms with Crippen molar-refractivity contribution in [2.24, 2.45) is 0 Å². The maximum Gasteiger partial charge on any atom is 0.339 e. The molecule has 1 aromatic rings. The molecule has 0 aromatic heterocycles. The molecule has 0 atom stereocenters. The highest BCUT2D eigenvalue weighted by Crippen LogP contribution is 2.22. The molecule has 6 heteroatoms. The summed E-state index contributed by atoms with van der Waals surface area (Å²) < 4.78 is 6.06. The molecule has 0 heterocycles. The highest BCUT2D eigenvalue weighted by molar-refractivity contribution is 14.1. The summed E-state index contributed by atoms with van der Waals surface area (Å²) in [5, 5.41) is 9.26. The fourth-order valence-corrected chi connectivity index (χ4v) is 1.58. The first kappa shape index (κ1) is 13.6. The van der Waals surface area contributed by atoms with Gasteiger partial charge in [-0.15, -0.1) is 0 Å². The summed E-state index contributed by atoms with van der Waals surface area (Å²) in [5.74, 6) is -0.774. The second-order valence-corrected chi connectivity index (χ2v) is 4.74. The van der Waals surface area contributed by atoms with Crippen LogP contribution in [0.2, 0.25) is 0 Å². The zero-order chi connectivity index (χ0) is 12.1. The summed E-state index contributed by atoms with van der Waals surface area (Å²) in [4.78, 5) is 10.9. The number of hydrogen-bond acceptors (Lipinski definition) is 2. The topological polar surface area (TPSA) is 46.5 Å². The number of carboxylic acids is 1. The summed E-state index contributed by atoms with van der Waals surface area (Å²) >= 11 is 13.0. The van der Waals surface area contributed by atoms with E-state index in [9.17, 15) is 4.79 Å². The minimum absolute atomic E-state index is 0.0475. The van der Waals surface area contributed by atoms with Crippen LogP contribution in [-0.2, 0) is 0 Å². The van der Waals surface area contributed by atoms with Crippen molar-refractivity contribution in [2.75, 3.05) is 6.61 Å². The van der Waals surface area contributed by atoms with E-state index in [-0.39, 0.29) is 17.9 Å². The Bertz CT molecular complexity index is 432. The van der Waals surface area contributed by atoms with Crippen LogP contribution >= 0.6 is 45.8 Å². The Morgan fingerprint density at radius 3 is 2.81 bits per heavy atom. The maximum atomic E-state index is 10.9. The third-order valence-corrected chi connectivity index (χ3v) is 2.92. The fraction of sp³-hybridized carbons (Fsp3) is 0.100. The summed E-state index contributed by atoms with van der Waals surface area (Å²) in [5.41, 5.74) is 1.28. The van der Waals surface area contributed by atoms with E-state index in [1.807, 2.05) is 22.6 Å². The molecule has 0 fully saturated rings. The summed E-state index contributed by atoms with van der Waals surface area (Å²) in [6.07, 6.45) is 0. The highest BCUT2D eigenvalue weighted by atomic mass is 127. The van der Waals surface area contributed by atoms with Gasteiger partial charge in [0.25, 0.3) is 0 Å². The number of halogens is 3. The Morgan fingerprint density at radius 2 is 2.25 bits per heavy atom. The zero-order valence-electron chi connectivity index (χ0n) is 7.91. The van der Waals surface area contributed by atoms with E-state index in [1.165, 1.54) is 11.6 Å². The standard InChI is InChI=1S/C10H7Cl2IO3/c11-4-6(12)5-16-9-2-1-7(13)3-8(9)10(14)15/h1-4H,5H2,(H,14,15)/b6-4-. The van der Waals surface area contributed by atoms with Crippen LogP contribution in [0.15, 0.2) is 28.8 Å². The van der Waals surface area contributed by atoms with Crippen LogP contribution in [-0.4, -0.2) is 17.7 Å². The smallest absolute Gasteiger partial charge is 0.339 e. The lowest BCUT2D eigenvalue weighted by molar-refractivity contribution is 0.0692. The summed E-state index contributed by atoms with van der Waals surface area (Å²) in [6, 6.07) is 4.86. The monoisotopic (exact) mass is 372 g/mol. The second kappa shape index (κ2) is 6.32. The van der Waals surface area contributed by atoms with Crippen LogP contribution in [0.1, 0.15) is 10.4 Å². The van der Waals surface area contributed by atoms with Gasteiger partial charge >= 0.3 is 5.97 Å². The molecule has 0 spiro atoms. The van der Waals surface area contributed by atoms with Crippen molar-refractivity contribution >= 4 is 51.8 Å². The van der Waals surface area contributed by atoms with Gasteiger partial charge in [-0.1, -0.05) is 23.2 Å². The number of carbonyl (C=O) groups is 1. The van der Waals surface area contributed by atoms with E-state index >= 15 is 0 Å². The van der Waals surface area contributed by atoms with E-state index in [0.29, 0.717) is 5.03 Å². The molecular weight excluding hydrogens is 366 g/mol. The lowest BCUT2D eigenvalue weighted by Gasteiger charge is -2.08. The van der Waals surface area contributed by atoms with E-state index in [1.54, 1.807) is 12.1 Å². The first-order valence-electron chi connectivity index (χ1n) is 4.15. The fourth-order valence-electron chi connectivity index (χ4n) is 0.973. The van der Waals surface area contributed by atoms with Crippen molar-refractivity contribution in [1.29, 1.82) is 0 Å². The van der Waals surface area contributed by atoms with E-state index < -0.39 is 5.97 Å². The molecule has 16 heavy (non-hydrogen) atoms. The maximum absolute atomic E-state index is 10.9. The quantitative estimate of drug-likeness (QED) is 0.820. The van der Waals surface area contributed by atoms with Crippen LogP contribution < -0.4 is 4.74 Å². The van der Waals surface area contributed by atoms with Crippen LogP contribution in [0, 0.1) is 3.57 Å². The van der Waals surface area contributed by atoms with Crippen LogP contribution in [0.4, 0.5) is 0 Å². The van der Waals surface area contributed by atoms with E-state index in [0.717, 1.165) is 3.57 Å². The third-order valence-electron chi connectivity index (χ3n) is 1.66. The van der Waals surface area contributed by atoms with Gasteiger partial charge in [-0.25, -0.2) is 4.79 Å². The SMILES string of the molecule is O=C(O)c1cc(I)ccc1OC/C(Cl)=C/Cl. The van der Waals surface area contributed by atoms with Crippen molar-refractivity contribution in [3.8, 4) is 5.75 Å². The lowest BCUT2D eigenvalue weighted by atomic mass is 10.2. The lowest BCUT2D eigenvalue weighted by Crippen LogP contribution is -2.04. The molecule has 0 bridgehead atoms. The number of ether oxygens (including phenoxy) is 1. The zero-order valence-corrected chi connectivity index (χ0v) is 11.6. The molecule has 0 amide bonds. The molecule has 0 saturated heterocycles. The van der Waals surface area contributed by atoms with Gasteiger partial charge in [0.15, 0.2) is 0 Å². The van der Waals surface area contributed by atoms with E-state index in [2.05, 4.69) is 0 Å². The Balaban J connectivity index is 2.91. The summed E-state index contributed by atoms with van der Waals surface area (Å²) in [7, 11) is 0. The molecule has 86 valence electrons. The highest BCUT2D eigenvalue weighted by Gasteiger charge is 2.11. The molecule has 1 aromatic carbocycles. The number of benzene rings is 1. The number of hydrogen-bond donors (Lipinski definition) is 1. The minimum Gasteiger partial charge on any atom is -0.487 e. The Hall–Kier alpha value is -0.460. The van der Waals surface area contributed by atoms with Crippen molar-refractivity contribution in [3.63, 3.8) is 0 Å². The average Bonchev–Trinajstić information content (AvgIpc) is 2.26. The van der Waals surface area contributed by atoms with Crippen molar-refractivity contribution < 1.29 is 14.6 Å². The van der Waals surface area contributed by atoms with Gasteiger partial charge in [0.1, 0.15) is 17.9 Å². The van der Waals surface area contributed by atoms with Crippen molar-refractivity contribution in [3.05, 3.63) is 37.9 Å². The van der Waals surface area contributed by atoms with Gasteiger partial charge in [0.05, 0.1) is 5.03 Å². The van der Waals surface area contributed by atoms with Crippen LogP contribution in [0.25, 0.3) is 0 Å². The Kier molecular flexibility index (Phi) is 5.37. The molecule has 0 aliphatic rings. The first-order chi connectivity index (χ1) is 7.54. The van der Waals surface area contributed by atoms with Gasteiger partial charge in [-0.3, -0.25) is 0 Å². The Labute approximate surface area is 116 Å².